The molecule has 0 saturated heterocycles. The molecule has 0 aliphatic carbocycles. The number of benzene rings is 2. The van der Waals surface area contributed by atoms with E-state index < -0.39 is 0 Å². The number of carbonyl (C=O) groups excluding carboxylic acids is 1. The standard InChI is InChI=1S/C23H29FN4O/c1-6-26-23(29)28-19-11-12-20(21(13-19)16(4)14-25-5)22(27-15(2)3)17-7-9-18(24)10-8-17/h7-15,25H,6H2,1-5H3,(H2,26,28,29)/b16-14+,27-22-. The minimum atomic E-state index is -0.286. The van der Waals surface area contributed by atoms with Gasteiger partial charge in [-0.1, -0.05) is 6.07 Å². The highest BCUT2D eigenvalue weighted by molar-refractivity contribution is 6.15. The molecule has 0 saturated carbocycles. The van der Waals surface area contributed by atoms with Gasteiger partial charge in [0.05, 0.1) is 5.71 Å². The fourth-order valence-corrected chi connectivity index (χ4v) is 2.95. The molecule has 0 fully saturated rings. The van der Waals surface area contributed by atoms with Gasteiger partial charge in [-0.25, -0.2) is 9.18 Å². The van der Waals surface area contributed by atoms with Gasteiger partial charge in [0, 0.05) is 36.4 Å². The van der Waals surface area contributed by atoms with Crippen LogP contribution in [0.3, 0.4) is 0 Å². The van der Waals surface area contributed by atoms with E-state index in [0.29, 0.717) is 12.2 Å². The Labute approximate surface area is 172 Å². The van der Waals surface area contributed by atoms with Crippen LogP contribution in [-0.4, -0.2) is 31.4 Å². The van der Waals surface area contributed by atoms with Crippen LogP contribution in [0.25, 0.3) is 5.57 Å². The van der Waals surface area contributed by atoms with E-state index in [-0.39, 0.29) is 17.9 Å². The lowest BCUT2D eigenvalue weighted by Gasteiger charge is -2.17. The molecule has 3 N–H and O–H groups in total. The molecule has 6 heteroatoms. The molecule has 0 radical (unpaired) electrons. The quantitative estimate of drug-likeness (QED) is 0.589. The maximum Gasteiger partial charge on any atom is 0.319 e. The Morgan fingerprint density at radius 2 is 1.83 bits per heavy atom. The van der Waals surface area contributed by atoms with Crippen molar-refractivity contribution in [1.29, 1.82) is 0 Å². The smallest absolute Gasteiger partial charge is 0.319 e. The predicted molar refractivity (Wildman–Crippen MR) is 119 cm³/mol. The van der Waals surface area contributed by atoms with Gasteiger partial charge in [0.25, 0.3) is 0 Å². The zero-order valence-corrected chi connectivity index (χ0v) is 17.6. The van der Waals surface area contributed by atoms with Gasteiger partial charge in [-0.3, -0.25) is 4.99 Å². The Balaban J connectivity index is 2.61. The minimum absolute atomic E-state index is 0.0598. The van der Waals surface area contributed by atoms with Crippen molar-refractivity contribution in [1.82, 2.24) is 10.6 Å². The average molecular weight is 397 g/mol. The Morgan fingerprint density at radius 3 is 2.41 bits per heavy atom. The zero-order chi connectivity index (χ0) is 21.4. The van der Waals surface area contributed by atoms with E-state index in [4.69, 9.17) is 4.99 Å². The molecular weight excluding hydrogens is 367 g/mol. The van der Waals surface area contributed by atoms with Gasteiger partial charge >= 0.3 is 6.03 Å². The van der Waals surface area contributed by atoms with E-state index in [2.05, 4.69) is 16.0 Å². The van der Waals surface area contributed by atoms with Crippen LogP contribution < -0.4 is 16.0 Å². The molecule has 0 heterocycles. The summed E-state index contributed by atoms with van der Waals surface area (Å²) < 4.78 is 13.5. The second kappa shape index (κ2) is 10.4. The molecule has 0 bridgehead atoms. The number of hydrogen-bond acceptors (Lipinski definition) is 3. The topological polar surface area (TPSA) is 65.5 Å². The summed E-state index contributed by atoms with van der Waals surface area (Å²) in [6.07, 6.45) is 1.90. The SMILES string of the molecule is CCNC(=O)Nc1ccc(/C(=N\C(C)C)c2ccc(F)cc2)c(/C(C)=C/NC)c1. The van der Waals surface area contributed by atoms with Crippen molar-refractivity contribution < 1.29 is 9.18 Å². The molecular formula is C23H29FN4O. The maximum atomic E-state index is 13.5. The van der Waals surface area contributed by atoms with Crippen molar-refractivity contribution in [2.24, 2.45) is 4.99 Å². The van der Waals surface area contributed by atoms with Crippen LogP contribution in [-0.2, 0) is 0 Å². The number of urea groups is 1. The van der Waals surface area contributed by atoms with Crippen LogP contribution in [0.5, 0.6) is 0 Å². The molecule has 0 aliphatic heterocycles. The molecule has 2 aromatic carbocycles. The summed E-state index contributed by atoms with van der Waals surface area (Å²) >= 11 is 0. The van der Waals surface area contributed by atoms with Crippen LogP contribution >= 0.6 is 0 Å². The van der Waals surface area contributed by atoms with Crippen molar-refractivity contribution in [2.75, 3.05) is 18.9 Å². The Kier molecular flexibility index (Phi) is 7.95. The number of nitrogens with one attached hydrogen (secondary N) is 3. The molecule has 5 nitrogen and oxygen atoms in total. The highest BCUT2D eigenvalue weighted by atomic mass is 19.1. The minimum Gasteiger partial charge on any atom is -0.394 e. The number of carbonyl (C=O) groups is 1. The summed E-state index contributed by atoms with van der Waals surface area (Å²) in [5.74, 6) is -0.286. The predicted octanol–water partition coefficient (Wildman–Crippen LogP) is 4.79. The average Bonchev–Trinajstić information content (AvgIpc) is 2.67. The van der Waals surface area contributed by atoms with E-state index in [0.717, 1.165) is 28.0 Å². The number of halogens is 1. The van der Waals surface area contributed by atoms with Crippen molar-refractivity contribution in [3.8, 4) is 0 Å². The second-order valence-corrected chi connectivity index (χ2v) is 6.94. The number of aliphatic imine (C=N–C) groups is 1. The molecule has 0 unspecified atom stereocenters. The highest BCUT2D eigenvalue weighted by Crippen LogP contribution is 2.26. The fourth-order valence-electron chi connectivity index (χ4n) is 2.95. The molecule has 29 heavy (non-hydrogen) atoms. The monoisotopic (exact) mass is 396 g/mol. The number of anilines is 1. The number of nitrogens with zero attached hydrogens (tertiary/aromatic N) is 1. The van der Waals surface area contributed by atoms with Crippen LogP contribution in [0, 0.1) is 5.82 Å². The van der Waals surface area contributed by atoms with Gasteiger partial charge in [-0.15, -0.1) is 0 Å². The van der Waals surface area contributed by atoms with Crippen LogP contribution in [0.15, 0.2) is 53.7 Å². The van der Waals surface area contributed by atoms with E-state index in [1.165, 1.54) is 12.1 Å². The number of hydrogen-bond donors (Lipinski definition) is 3. The molecule has 0 atom stereocenters. The van der Waals surface area contributed by atoms with Crippen LogP contribution in [0.1, 0.15) is 44.4 Å². The highest BCUT2D eigenvalue weighted by Gasteiger charge is 2.15. The molecule has 0 aromatic heterocycles. The first-order chi connectivity index (χ1) is 13.8. The van der Waals surface area contributed by atoms with E-state index in [9.17, 15) is 9.18 Å². The molecule has 154 valence electrons. The van der Waals surface area contributed by atoms with E-state index in [1.807, 2.05) is 59.1 Å². The summed E-state index contributed by atoms with van der Waals surface area (Å²) in [5, 5.41) is 8.62. The maximum absolute atomic E-state index is 13.5. The van der Waals surface area contributed by atoms with E-state index >= 15 is 0 Å². The number of allylic oxidation sites excluding steroid dienone is 1. The van der Waals surface area contributed by atoms with Gasteiger partial charge in [-0.05, 0) is 81.4 Å². The Morgan fingerprint density at radius 1 is 1.14 bits per heavy atom. The first kappa shape index (κ1) is 22.1. The third kappa shape index (κ3) is 6.17. The van der Waals surface area contributed by atoms with Crippen molar-refractivity contribution >= 4 is 23.0 Å². The van der Waals surface area contributed by atoms with E-state index in [1.54, 1.807) is 12.1 Å². The fraction of sp³-hybridized carbons (Fsp3) is 0.304. The summed E-state index contributed by atoms with van der Waals surface area (Å²) in [6.45, 7) is 8.41. The molecule has 2 aromatic rings. The number of rotatable bonds is 7. The lowest BCUT2D eigenvalue weighted by molar-refractivity contribution is 0.252. The summed E-state index contributed by atoms with van der Waals surface area (Å²) in [6, 6.07) is 11.9. The summed E-state index contributed by atoms with van der Waals surface area (Å²) in [4.78, 5) is 16.7. The molecule has 2 amide bonds. The second-order valence-electron chi connectivity index (χ2n) is 6.94. The van der Waals surface area contributed by atoms with Gasteiger partial charge < -0.3 is 16.0 Å². The lowest BCUT2D eigenvalue weighted by atomic mass is 9.93. The number of amides is 2. The van der Waals surface area contributed by atoms with Crippen molar-refractivity contribution in [3.05, 3.63) is 71.2 Å². The van der Waals surface area contributed by atoms with Crippen molar-refractivity contribution in [2.45, 2.75) is 33.7 Å². The van der Waals surface area contributed by atoms with Gasteiger partial charge in [-0.2, -0.15) is 0 Å². The Bertz CT molecular complexity index is 902. The third-order valence-corrected chi connectivity index (χ3v) is 4.16. The van der Waals surface area contributed by atoms with Gasteiger partial charge in [0.2, 0.25) is 0 Å². The normalized spacial score (nSPS) is 12.1. The third-order valence-electron chi connectivity index (χ3n) is 4.16. The Hall–Kier alpha value is -3.15. The molecule has 2 rings (SSSR count). The zero-order valence-electron chi connectivity index (χ0n) is 17.6. The van der Waals surface area contributed by atoms with Gasteiger partial charge in [0.15, 0.2) is 0 Å². The first-order valence-electron chi connectivity index (χ1n) is 9.73. The summed E-state index contributed by atoms with van der Waals surface area (Å²) in [7, 11) is 1.84. The lowest BCUT2D eigenvalue weighted by Crippen LogP contribution is -2.28. The summed E-state index contributed by atoms with van der Waals surface area (Å²) in [5.41, 5.74) is 5.13. The largest absolute Gasteiger partial charge is 0.394 e. The van der Waals surface area contributed by atoms with Crippen molar-refractivity contribution in [3.63, 3.8) is 0 Å². The first-order valence-corrected chi connectivity index (χ1v) is 9.73. The molecule has 0 spiro atoms. The molecule has 0 aliphatic rings. The van der Waals surface area contributed by atoms with Crippen LogP contribution in [0.4, 0.5) is 14.9 Å². The van der Waals surface area contributed by atoms with Crippen LogP contribution in [0.2, 0.25) is 0 Å². The van der Waals surface area contributed by atoms with Gasteiger partial charge in [0.1, 0.15) is 5.82 Å².